The molecule has 1 aliphatic carbocycles. The summed E-state index contributed by atoms with van der Waals surface area (Å²) in [4.78, 5) is 0. The van der Waals surface area contributed by atoms with E-state index in [-0.39, 0.29) is 11.9 Å². The second-order valence-electron chi connectivity index (χ2n) is 5.44. The van der Waals surface area contributed by atoms with Crippen LogP contribution in [-0.4, -0.2) is 25.4 Å². The Bertz CT molecular complexity index is 451. The summed E-state index contributed by atoms with van der Waals surface area (Å²) in [6.07, 6.45) is 3.76. The van der Waals surface area contributed by atoms with Gasteiger partial charge in [-0.2, -0.15) is 8.78 Å². The summed E-state index contributed by atoms with van der Waals surface area (Å²) in [6, 6.07) is 7.24. The number of hydrogen-bond acceptors (Lipinski definition) is 3. The molecule has 1 aromatic carbocycles. The van der Waals surface area contributed by atoms with Crippen molar-refractivity contribution in [3.8, 4) is 5.75 Å². The number of halogens is 2. The van der Waals surface area contributed by atoms with Gasteiger partial charge in [0.05, 0.1) is 6.10 Å². The molecule has 0 aromatic heterocycles. The molecular weight excluding hydrogens is 264 g/mol. The topological polar surface area (TPSA) is 30.5 Å². The van der Waals surface area contributed by atoms with E-state index >= 15 is 0 Å². The lowest BCUT2D eigenvalue weighted by molar-refractivity contribution is -0.0505. The molecule has 3 rings (SSSR count). The molecule has 0 radical (unpaired) electrons. The van der Waals surface area contributed by atoms with E-state index < -0.39 is 6.61 Å². The summed E-state index contributed by atoms with van der Waals surface area (Å²) >= 11 is 0. The van der Waals surface area contributed by atoms with Crippen LogP contribution < -0.4 is 10.1 Å². The number of rotatable bonds is 6. The number of ether oxygens (including phenoxy) is 2. The lowest BCUT2D eigenvalue weighted by atomic mass is 10.1. The van der Waals surface area contributed by atoms with Gasteiger partial charge in [0.25, 0.3) is 0 Å². The maximum absolute atomic E-state index is 12.4. The highest BCUT2D eigenvalue weighted by Crippen LogP contribution is 2.38. The zero-order valence-electron chi connectivity index (χ0n) is 11.2. The van der Waals surface area contributed by atoms with Crippen LogP contribution in [0.1, 0.15) is 24.8 Å². The normalized spacial score (nSPS) is 26.1. The van der Waals surface area contributed by atoms with E-state index in [0.717, 1.165) is 18.6 Å². The Hall–Kier alpha value is -1.20. The zero-order valence-corrected chi connectivity index (χ0v) is 11.2. The van der Waals surface area contributed by atoms with Gasteiger partial charge >= 0.3 is 6.61 Å². The molecule has 3 nitrogen and oxygen atoms in total. The van der Waals surface area contributed by atoms with Gasteiger partial charge in [-0.3, -0.25) is 0 Å². The van der Waals surface area contributed by atoms with E-state index in [1.807, 2.05) is 12.1 Å². The molecule has 1 N–H and O–H groups in total. The summed E-state index contributed by atoms with van der Waals surface area (Å²) in [7, 11) is 0. The third-order valence-electron chi connectivity index (χ3n) is 3.97. The fourth-order valence-corrected chi connectivity index (χ4v) is 2.82. The van der Waals surface area contributed by atoms with Crippen LogP contribution in [-0.2, 0) is 11.3 Å². The Labute approximate surface area is 117 Å². The standard InChI is InChI=1S/C15H19F2NO2/c16-15(17)20-13-4-2-1-3-11(13)9-18-12-7-8-19-14(12)10-5-6-10/h1-4,10,12,14-15,18H,5-9H2. The summed E-state index contributed by atoms with van der Waals surface area (Å²) in [5.74, 6) is 0.930. The van der Waals surface area contributed by atoms with Crippen molar-refractivity contribution in [3.63, 3.8) is 0 Å². The maximum Gasteiger partial charge on any atom is 0.387 e. The number of nitrogens with one attached hydrogen (secondary N) is 1. The van der Waals surface area contributed by atoms with Crippen LogP contribution in [0.25, 0.3) is 0 Å². The van der Waals surface area contributed by atoms with Crippen molar-refractivity contribution in [2.75, 3.05) is 6.61 Å². The van der Waals surface area contributed by atoms with E-state index in [1.165, 1.54) is 12.8 Å². The van der Waals surface area contributed by atoms with Gasteiger partial charge in [-0.15, -0.1) is 0 Å². The fourth-order valence-electron chi connectivity index (χ4n) is 2.82. The van der Waals surface area contributed by atoms with Crippen molar-refractivity contribution in [3.05, 3.63) is 29.8 Å². The van der Waals surface area contributed by atoms with Crippen molar-refractivity contribution in [1.29, 1.82) is 0 Å². The average molecular weight is 283 g/mol. The van der Waals surface area contributed by atoms with Crippen LogP contribution in [0.5, 0.6) is 5.75 Å². The van der Waals surface area contributed by atoms with Gasteiger partial charge < -0.3 is 14.8 Å². The minimum Gasteiger partial charge on any atom is -0.434 e. The highest BCUT2D eigenvalue weighted by atomic mass is 19.3. The Kier molecular flexibility index (Phi) is 4.17. The Morgan fingerprint density at radius 3 is 2.80 bits per heavy atom. The van der Waals surface area contributed by atoms with Crippen LogP contribution in [0.15, 0.2) is 24.3 Å². The predicted octanol–water partition coefficient (Wildman–Crippen LogP) is 2.95. The molecule has 20 heavy (non-hydrogen) atoms. The Balaban J connectivity index is 1.60. The molecule has 0 bridgehead atoms. The number of para-hydroxylation sites is 1. The van der Waals surface area contributed by atoms with Crippen molar-refractivity contribution in [2.45, 2.75) is 44.6 Å². The second kappa shape index (κ2) is 6.06. The first-order valence-corrected chi connectivity index (χ1v) is 7.12. The predicted molar refractivity (Wildman–Crippen MR) is 70.8 cm³/mol. The van der Waals surface area contributed by atoms with Gasteiger partial charge in [0.15, 0.2) is 0 Å². The third kappa shape index (κ3) is 3.27. The molecule has 1 saturated carbocycles. The van der Waals surface area contributed by atoms with Crippen LogP contribution in [0.2, 0.25) is 0 Å². The molecular formula is C15H19F2NO2. The average Bonchev–Trinajstić information content (AvgIpc) is 3.16. The molecule has 1 saturated heterocycles. The first kappa shape index (κ1) is 13.8. The molecule has 2 aliphatic rings. The SMILES string of the molecule is FC(F)Oc1ccccc1CNC1CCOC1C1CC1. The van der Waals surface area contributed by atoms with E-state index in [0.29, 0.717) is 18.5 Å². The molecule has 0 amide bonds. The van der Waals surface area contributed by atoms with Gasteiger partial charge in [-0.25, -0.2) is 0 Å². The maximum atomic E-state index is 12.4. The lowest BCUT2D eigenvalue weighted by Gasteiger charge is -2.20. The minimum atomic E-state index is -2.79. The second-order valence-corrected chi connectivity index (χ2v) is 5.44. The molecule has 5 heteroatoms. The molecule has 1 aliphatic heterocycles. The number of benzene rings is 1. The van der Waals surface area contributed by atoms with Crippen LogP contribution >= 0.6 is 0 Å². The first-order chi connectivity index (χ1) is 9.74. The lowest BCUT2D eigenvalue weighted by Crippen LogP contribution is -2.37. The Morgan fingerprint density at radius 2 is 2.05 bits per heavy atom. The first-order valence-electron chi connectivity index (χ1n) is 7.12. The zero-order chi connectivity index (χ0) is 13.9. The largest absolute Gasteiger partial charge is 0.434 e. The highest BCUT2D eigenvalue weighted by Gasteiger charge is 2.40. The molecule has 1 aromatic rings. The summed E-state index contributed by atoms with van der Waals surface area (Å²) in [5, 5.41) is 3.43. The van der Waals surface area contributed by atoms with Gasteiger partial charge in [-0.05, 0) is 31.2 Å². The quantitative estimate of drug-likeness (QED) is 0.870. The summed E-state index contributed by atoms with van der Waals surface area (Å²) in [5.41, 5.74) is 0.759. The van der Waals surface area contributed by atoms with Gasteiger partial charge in [0, 0.05) is 24.8 Å². The molecule has 1 heterocycles. The summed E-state index contributed by atoms with van der Waals surface area (Å²) < 4.78 is 35.0. The van der Waals surface area contributed by atoms with Crippen molar-refractivity contribution in [2.24, 2.45) is 5.92 Å². The van der Waals surface area contributed by atoms with Gasteiger partial charge in [0.2, 0.25) is 0 Å². The number of hydrogen-bond donors (Lipinski definition) is 1. The molecule has 2 fully saturated rings. The van der Waals surface area contributed by atoms with E-state index in [2.05, 4.69) is 10.1 Å². The summed E-state index contributed by atoms with van der Waals surface area (Å²) in [6.45, 7) is -1.47. The minimum absolute atomic E-state index is 0.247. The third-order valence-corrected chi connectivity index (χ3v) is 3.97. The van der Waals surface area contributed by atoms with Gasteiger partial charge in [-0.1, -0.05) is 18.2 Å². The van der Waals surface area contributed by atoms with E-state index in [9.17, 15) is 8.78 Å². The Morgan fingerprint density at radius 1 is 1.25 bits per heavy atom. The molecule has 2 atom stereocenters. The van der Waals surface area contributed by atoms with Crippen LogP contribution in [0.3, 0.4) is 0 Å². The smallest absolute Gasteiger partial charge is 0.387 e. The molecule has 2 unspecified atom stereocenters. The van der Waals surface area contributed by atoms with Crippen molar-refractivity contribution in [1.82, 2.24) is 5.32 Å². The van der Waals surface area contributed by atoms with Crippen molar-refractivity contribution < 1.29 is 18.3 Å². The van der Waals surface area contributed by atoms with E-state index in [1.54, 1.807) is 12.1 Å². The highest BCUT2D eigenvalue weighted by molar-refractivity contribution is 5.33. The van der Waals surface area contributed by atoms with Crippen LogP contribution in [0, 0.1) is 5.92 Å². The van der Waals surface area contributed by atoms with E-state index in [4.69, 9.17) is 4.74 Å². The van der Waals surface area contributed by atoms with Gasteiger partial charge in [0.1, 0.15) is 5.75 Å². The fraction of sp³-hybridized carbons (Fsp3) is 0.600. The van der Waals surface area contributed by atoms with Crippen LogP contribution in [0.4, 0.5) is 8.78 Å². The van der Waals surface area contributed by atoms with Crippen molar-refractivity contribution >= 4 is 0 Å². The monoisotopic (exact) mass is 283 g/mol. The molecule has 0 spiro atoms. The number of alkyl halides is 2. The molecule has 110 valence electrons.